The molecule has 0 aromatic heterocycles. The summed E-state index contributed by atoms with van der Waals surface area (Å²) < 4.78 is 6.45. The van der Waals surface area contributed by atoms with Gasteiger partial charge in [-0.05, 0) is 84.1 Å². The van der Waals surface area contributed by atoms with Crippen LogP contribution in [0.5, 0.6) is 11.5 Å². The summed E-state index contributed by atoms with van der Waals surface area (Å²) in [6.45, 7) is 0. The number of ether oxygens (including phenoxy) is 1. The van der Waals surface area contributed by atoms with Gasteiger partial charge in [-0.25, -0.2) is 0 Å². The van der Waals surface area contributed by atoms with Crippen molar-refractivity contribution in [2.75, 3.05) is 0 Å². The number of rotatable bonds is 3. The summed E-state index contributed by atoms with van der Waals surface area (Å²) in [4.78, 5) is 0. The van der Waals surface area contributed by atoms with Gasteiger partial charge in [0.2, 0.25) is 0 Å². The fourth-order valence-electron chi connectivity index (χ4n) is 7.08. The summed E-state index contributed by atoms with van der Waals surface area (Å²) in [7, 11) is 0. The highest BCUT2D eigenvalue weighted by Gasteiger charge is 2.24. The Morgan fingerprint density at radius 1 is 0.279 bits per heavy atom. The smallest absolute Gasteiger partial charge is 0.135 e. The molecule has 9 rings (SSSR count). The van der Waals surface area contributed by atoms with Crippen molar-refractivity contribution < 1.29 is 4.74 Å². The summed E-state index contributed by atoms with van der Waals surface area (Å²) in [5.41, 5.74) is 9.82. The molecule has 1 aliphatic heterocycles. The molecule has 0 saturated carbocycles. The van der Waals surface area contributed by atoms with E-state index in [-0.39, 0.29) is 0 Å². The Morgan fingerprint density at radius 2 is 0.791 bits per heavy atom. The van der Waals surface area contributed by atoms with E-state index in [1.165, 1.54) is 71.3 Å². The van der Waals surface area contributed by atoms with Gasteiger partial charge in [-0.2, -0.15) is 0 Å². The zero-order valence-electron chi connectivity index (χ0n) is 23.4. The lowest BCUT2D eigenvalue weighted by Crippen LogP contribution is -1.98. The summed E-state index contributed by atoms with van der Waals surface area (Å²) >= 11 is 0. The van der Waals surface area contributed by atoms with Gasteiger partial charge in [0, 0.05) is 10.9 Å². The quantitative estimate of drug-likeness (QED) is 0.200. The first-order valence-electron chi connectivity index (χ1n) is 14.8. The fraction of sp³-hybridized carbons (Fsp3) is 0. The molecule has 0 saturated heterocycles. The maximum Gasteiger partial charge on any atom is 0.135 e. The van der Waals surface area contributed by atoms with Crippen molar-refractivity contribution in [3.63, 3.8) is 0 Å². The van der Waals surface area contributed by atoms with Crippen molar-refractivity contribution in [1.82, 2.24) is 0 Å². The number of fused-ring (bicyclic) bond motifs is 4. The molecule has 0 atom stereocenters. The molecule has 200 valence electrons. The monoisotopic (exact) mass is 546 g/mol. The SMILES string of the molecule is c1ccc(-c2ccccc2-c2c3ccccc3c(-c3ccc4c5c(cccc35)-c3ccccc3O4)c3ccccc23)cc1. The second kappa shape index (κ2) is 9.44. The van der Waals surface area contributed by atoms with Crippen LogP contribution in [0, 0.1) is 0 Å². The molecule has 1 nitrogen and oxygen atoms in total. The van der Waals surface area contributed by atoms with E-state index in [2.05, 4.69) is 152 Å². The zero-order valence-corrected chi connectivity index (χ0v) is 23.4. The highest BCUT2D eigenvalue weighted by Crippen LogP contribution is 2.51. The summed E-state index contributed by atoms with van der Waals surface area (Å²) in [6.07, 6.45) is 0. The molecule has 1 heteroatoms. The van der Waals surface area contributed by atoms with Crippen LogP contribution in [0.25, 0.3) is 76.8 Å². The van der Waals surface area contributed by atoms with Crippen LogP contribution in [0.3, 0.4) is 0 Å². The van der Waals surface area contributed by atoms with Crippen LogP contribution in [-0.4, -0.2) is 0 Å². The Bertz CT molecular complexity index is 2310. The van der Waals surface area contributed by atoms with E-state index >= 15 is 0 Å². The van der Waals surface area contributed by atoms with Crippen molar-refractivity contribution in [2.24, 2.45) is 0 Å². The predicted molar refractivity (Wildman–Crippen MR) is 181 cm³/mol. The normalized spacial score (nSPS) is 11.9. The number of hydrogen-bond acceptors (Lipinski definition) is 1. The van der Waals surface area contributed by atoms with Crippen LogP contribution in [0.15, 0.2) is 158 Å². The lowest BCUT2D eigenvalue weighted by atomic mass is 9.82. The maximum absolute atomic E-state index is 6.45. The highest BCUT2D eigenvalue weighted by molar-refractivity contribution is 6.25. The average molecular weight is 547 g/mol. The van der Waals surface area contributed by atoms with Crippen LogP contribution < -0.4 is 4.74 Å². The molecule has 0 aliphatic carbocycles. The molecular formula is C42H26O. The minimum absolute atomic E-state index is 0.910. The molecule has 0 N–H and O–H groups in total. The van der Waals surface area contributed by atoms with Gasteiger partial charge < -0.3 is 4.74 Å². The van der Waals surface area contributed by atoms with E-state index < -0.39 is 0 Å². The van der Waals surface area contributed by atoms with Crippen molar-refractivity contribution in [3.05, 3.63) is 158 Å². The number of benzene rings is 8. The van der Waals surface area contributed by atoms with Gasteiger partial charge in [0.15, 0.2) is 0 Å². The summed E-state index contributed by atoms with van der Waals surface area (Å²) in [6, 6.07) is 56.7. The average Bonchev–Trinajstić information content (AvgIpc) is 3.08. The molecule has 0 spiro atoms. The zero-order chi connectivity index (χ0) is 28.3. The van der Waals surface area contributed by atoms with Gasteiger partial charge >= 0.3 is 0 Å². The Labute approximate surface area is 250 Å². The van der Waals surface area contributed by atoms with E-state index in [1.807, 2.05) is 6.07 Å². The Kier molecular flexibility index (Phi) is 5.27. The third-order valence-corrected chi connectivity index (χ3v) is 8.88. The van der Waals surface area contributed by atoms with Gasteiger partial charge in [-0.15, -0.1) is 0 Å². The molecule has 0 fully saturated rings. The molecule has 8 aromatic carbocycles. The molecule has 43 heavy (non-hydrogen) atoms. The van der Waals surface area contributed by atoms with E-state index in [4.69, 9.17) is 4.74 Å². The molecule has 0 radical (unpaired) electrons. The predicted octanol–water partition coefficient (Wildman–Crippen LogP) is 11.9. The Balaban J connectivity index is 1.40. The fourth-order valence-corrected chi connectivity index (χ4v) is 7.08. The van der Waals surface area contributed by atoms with E-state index in [9.17, 15) is 0 Å². The van der Waals surface area contributed by atoms with E-state index in [0.717, 1.165) is 17.1 Å². The third-order valence-electron chi connectivity index (χ3n) is 8.88. The van der Waals surface area contributed by atoms with Gasteiger partial charge in [0.1, 0.15) is 11.5 Å². The van der Waals surface area contributed by atoms with Crippen LogP contribution in [0.1, 0.15) is 0 Å². The Hall–Kier alpha value is -5.66. The van der Waals surface area contributed by atoms with Crippen LogP contribution in [0.4, 0.5) is 0 Å². The van der Waals surface area contributed by atoms with Crippen molar-refractivity contribution >= 4 is 32.3 Å². The molecule has 1 heterocycles. The minimum atomic E-state index is 0.910. The van der Waals surface area contributed by atoms with Gasteiger partial charge in [-0.1, -0.05) is 140 Å². The lowest BCUT2D eigenvalue weighted by Gasteiger charge is -2.24. The number of para-hydroxylation sites is 1. The van der Waals surface area contributed by atoms with Gasteiger partial charge in [0.05, 0.1) is 0 Å². The summed E-state index contributed by atoms with van der Waals surface area (Å²) in [5, 5.41) is 7.37. The molecule has 0 unspecified atom stereocenters. The maximum atomic E-state index is 6.45. The molecular weight excluding hydrogens is 520 g/mol. The first kappa shape index (κ1) is 24.0. The molecule has 8 aromatic rings. The summed E-state index contributed by atoms with van der Waals surface area (Å²) in [5.74, 6) is 1.82. The third kappa shape index (κ3) is 3.58. The molecule has 0 bridgehead atoms. The van der Waals surface area contributed by atoms with Crippen LogP contribution in [0.2, 0.25) is 0 Å². The van der Waals surface area contributed by atoms with Crippen LogP contribution >= 0.6 is 0 Å². The standard InChI is InChI=1S/C42H26O/c1-2-13-27(14-3-1)28-15-4-5-17-30(28)40-32-18-6-8-20-34(32)41(35-21-9-7-19-33(35)40)37-25-26-39-42-31(22-12-23-36(37)42)29-16-10-11-24-38(29)43-39/h1-26H. The first-order chi connectivity index (χ1) is 21.4. The Morgan fingerprint density at radius 3 is 1.49 bits per heavy atom. The second-order valence-electron chi connectivity index (χ2n) is 11.2. The second-order valence-corrected chi connectivity index (χ2v) is 11.2. The van der Waals surface area contributed by atoms with Gasteiger partial charge in [-0.3, -0.25) is 0 Å². The minimum Gasteiger partial charge on any atom is -0.456 e. The molecule has 1 aliphatic rings. The topological polar surface area (TPSA) is 9.23 Å². The van der Waals surface area contributed by atoms with Crippen molar-refractivity contribution in [3.8, 4) is 56.0 Å². The van der Waals surface area contributed by atoms with Crippen LogP contribution in [-0.2, 0) is 0 Å². The highest BCUT2D eigenvalue weighted by atomic mass is 16.5. The largest absolute Gasteiger partial charge is 0.456 e. The lowest BCUT2D eigenvalue weighted by molar-refractivity contribution is 0.487. The van der Waals surface area contributed by atoms with Crippen molar-refractivity contribution in [1.29, 1.82) is 0 Å². The van der Waals surface area contributed by atoms with E-state index in [1.54, 1.807) is 0 Å². The molecule has 0 amide bonds. The van der Waals surface area contributed by atoms with Gasteiger partial charge in [0.25, 0.3) is 0 Å². The first-order valence-corrected chi connectivity index (χ1v) is 14.8. The number of hydrogen-bond donors (Lipinski definition) is 0. The van der Waals surface area contributed by atoms with E-state index in [0.29, 0.717) is 0 Å². The van der Waals surface area contributed by atoms with Crippen molar-refractivity contribution in [2.45, 2.75) is 0 Å².